The van der Waals surface area contributed by atoms with E-state index in [9.17, 15) is 19.2 Å². The molecule has 2 amide bonds. The molecule has 0 bridgehead atoms. The fraction of sp³-hybridized carbons (Fsp3) is 0.360. The van der Waals surface area contributed by atoms with E-state index in [0.717, 1.165) is 22.3 Å². The number of alkyl carbamates (subject to hydrolysis) is 1. The molecule has 0 saturated carbocycles. The van der Waals surface area contributed by atoms with Gasteiger partial charge in [-0.05, 0) is 29.2 Å². The van der Waals surface area contributed by atoms with Crippen molar-refractivity contribution in [1.29, 1.82) is 0 Å². The summed E-state index contributed by atoms with van der Waals surface area (Å²) in [6.07, 6.45) is -2.11. The maximum Gasteiger partial charge on any atom is 0.408 e. The van der Waals surface area contributed by atoms with Gasteiger partial charge in [-0.1, -0.05) is 48.5 Å². The first-order valence-corrected chi connectivity index (χ1v) is 11.2. The number of methoxy groups -OCH3 is 1. The van der Waals surface area contributed by atoms with Gasteiger partial charge in [-0.3, -0.25) is 10.1 Å². The molecule has 3 rings (SSSR count). The fourth-order valence-corrected chi connectivity index (χ4v) is 3.99. The SMILES string of the molecule is CCOC(=O)C(NC(=O)OCC1c2ccccc2-c2ccccc21)C(=O)NCCC(OC)C(=O)O. The number of hydrogen-bond donors (Lipinski definition) is 3. The number of carboxylic acid groups (broad SMARTS) is 1. The number of benzene rings is 2. The molecule has 0 aromatic heterocycles. The second-order valence-electron chi connectivity index (χ2n) is 7.80. The second kappa shape index (κ2) is 12.0. The first kappa shape index (κ1) is 25.7. The van der Waals surface area contributed by atoms with Gasteiger partial charge in [0.2, 0.25) is 6.04 Å². The van der Waals surface area contributed by atoms with E-state index >= 15 is 0 Å². The molecule has 3 N–H and O–H groups in total. The number of aliphatic carboxylic acids is 1. The van der Waals surface area contributed by atoms with Crippen LogP contribution in [0.4, 0.5) is 4.79 Å². The number of esters is 1. The van der Waals surface area contributed by atoms with Crippen LogP contribution >= 0.6 is 0 Å². The lowest BCUT2D eigenvalue weighted by atomic mass is 9.98. The first-order chi connectivity index (χ1) is 16.9. The zero-order chi connectivity index (χ0) is 25.4. The number of fused-ring (bicyclic) bond motifs is 3. The van der Waals surface area contributed by atoms with Crippen molar-refractivity contribution in [3.8, 4) is 11.1 Å². The molecule has 2 unspecified atom stereocenters. The van der Waals surface area contributed by atoms with Gasteiger partial charge in [0.25, 0.3) is 5.91 Å². The van der Waals surface area contributed by atoms with Crippen molar-refractivity contribution < 1.29 is 38.5 Å². The van der Waals surface area contributed by atoms with Crippen molar-refractivity contribution in [2.24, 2.45) is 0 Å². The Morgan fingerprint density at radius 1 is 0.971 bits per heavy atom. The molecule has 0 saturated heterocycles. The average Bonchev–Trinajstić information content (AvgIpc) is 3.17. The van der Waals surface area contributed by atoms with Crippen LogP contribution in [0.25, 0.3) is 11.1 Å². The number of carboxylic acids is 1. The van der Waals surface area contributed by atoms with E-state index in [1.165, 1.54) is 7.11 Å². The molecule has 2 aromatic rings. The molecule has 0 fully saturated rings. The Morgan fingerprint density at radius 2 is 1.57 bits per heavy atom. The van der Waals surface area contributed by atoms with Crippen LogP contribution in [0.15, 0.2) is 48.5 Å². The topological polar surface area (TPSA) is 140 Å². The van der Waals surface area contributed by atoms with E-state index in [1.807, 2.05) is 48.5 Å². The summed E-state index contributed by atoms with van der Waals surface area (Å²) in [5, 5.41) is 13.7. The highest BCUT2D eigenvalue weighted by Gasteiger charge is 2.32. The van der Waals surface area contributed by atoms with Gasteiger partial charge in [0.05, 0.1) is 6.61 Å². The Balaban J connectivity index is 1.62. The zero-order valence-electron chi connectivity index (χ0n) is 19.5. The van der Waals surface area contributed by atoms with Gasteiger partial charge in [0.1, 0.15) is 6.61 Å². The lowest BCUT2D eigenvalue weighted by Gasteiger charge is -2.19. The van der Waals surface area contributed by atoms with E-state index in [2.05, 4.69) is 10.6 Å². The maximum absolute atomic E-state index is 12.6. The Kier molecular flexibility index (Phi) is 8.80. The zero-order valence-corrected chi connectivity index (χ0v) is 19.5. The molecule has 10 heteroatoms. The van der Waals surface area contributed by atoms with Gasteiger partial charge < -0.3 is 24.6 Å². The molecule has 0 aliphatic heterocycles. The van der Waals surface area contributed by atoms with Crippen LogP contribution in [0.1, 0.15) is 30.4 Å². The number of hydrogen-bond acceptors (Lipinski definition) is 7. The molecule has 0 radical (unpaired) electrons. The molecule has 2 atom stereocenters. The predicted molar refractivity (Wildman–Crippen MR) is 125 cm³/mol. The second-order valence-corrected chi connectivity index (χ2v) is 7.80. The van der Waals surface area contributed by atoms with E-state index in [0.29, 0.717) is 0 Å². The van der Waals surface area contributed by atoms with Gasteiger partial charge >= 0.3 is 18.0 Å². The van der Waals surface area contributed by atoms with Crippen molar-refractivity contribution in [2.75, 3.05) is 26.9 Å². The van der Waals surface area contributed by atoms with Crippen molar-refractivity contribution in [3.05, 3.63) is 59.7 Å². The fourth-order valence-electron chi connectivity index (χ4n) is 3.99. The number of amides is 2. The highest BCUT2D eigenvalue weighted by Crippen LogP contribution is 2.44. The smallest absolute Gasteiger partial charge is 0.408 e. The molecule has 1 aliphatic carbocycles. The molecule has 35 heavy (non-hydrogen) atoms. The van der Waals surface area contributed by atoms with Gasteiger partial charge in [0, 0.05) is 26.0 Å². The Labute approximate surface area is 202 Å². The minimum absolute atomic E-state index is 0.000252. The molecular formula is C25H28N2O8. The van der Waals surface area contributed by atoms with Crippen molar-refractivity contribution in [3.63, 3.8) is 0 Å². The number of rotatable bonds is 11. The summed E-state index contributed by atoms with van der Waals surface area (Å²) in [7, 11) is 1.24. The number of carbonyl (C=O) groups excluding carboxylic acids is 3. The van der Waals surface area contributed by atoms with Crippen LogP contribution in [0, 0.1) is 0 Å². The largest absolute Gasteiger partial charge is 0.479 e. The minimum atomic E-state index is -1.66. The van der Waals surface area contributed by atoms with Crippen LogP contribution in [-0.4, -0.2) is 68.1 Å². The molecule has 2 aromatic carbocycles. The highest BCUT2D eigenvalue weighted by molar-refractivity contribution is 6.04. The minimum Gasteiger partial charge on any atom is -0.479 e. The normalized spacial score (nSPS) is 13.7. The molecule has 186 valence electrons. The lowest BCUT2D eigenvalue weighted by Crippen LogP contribution is -2.52. The maximum atomic E-state index is 12.6. The summed E-state index contributed by atoms with van der Waals surface area (Å²) in [4.78, 5) is 48.4. The Hall–Kier alpha value is -3.92. The summed E-state index contributed by atoms with van der Waals surface area (Å²) in [5.41, 5.74) is 4.17. The summed E-state index contributed by atoms with van der Waals surface area (Å²) < 4.78 is 15.1. The highest BCUT2D eigenvalue weighted by atomic mass is 16.6. The number of ether oxygens (including phenoxy) is 3. The van der Waals surface area contributed by atoms with Crippen LogP contribution < -0.4 is 10.6 Å². The van der Waals surface area contributed by atoms with E-state index < -0.39 is 36.1 Å². The third-order valence-electron chi connectivity index (χ3n) is 5.66. The van der Waals surface area contributed by atoms with Gasteiger partial charge in [-0.15, -0.1) is 0 Å². The van der Waals surface area contributed by atoms with Crippen LogP contribution in [0.3, 0.4) is 0 Å². The third-order valence-corrected chi connectivity index (χ3v) is 5.66. The summed E-state index contributed by atoms with van der Waals surface area (Å²) in [5.74, 6) is -3.18. The summed E-state index contributed by atoms with van der Waals surface area (Å²) >= 11 is 0. The van der Waals surface area contributed by atoms with Crippen molar-refractivity contribution >= 4 is 23.9 Å². The van der Waals surface area contributed by atoms with Gasteiger partial charge in [-0.2, -0.15) is 0 Å². The van der Waals surface area contributed by atoms with Gasteiger partial charge in [0.15, 0.2) is 6.10 Å². The standard InChI is InChI=1S/C25H28N2O8/c1-3-34-24(31)21(22(28)26-13-12-20(33-2)23(29)30)27-25(32)35-14-19-17-10-6-4-8-15(17)16-9-5-7-11-18(16)19/h4-11,19-21H,3,12-14H2,1-2H3,(H,26,28)(H,27,32)(H,29,30). The van der Waals surface area contributed by atoms with E-state index in [1.54, 1.807) is 6.92 Å². The third kappa shape index (κ3) is 6.15. The molecule has 1 aliphatic rings. The average molecular weight is 485 g/mol. The quantitative estimate of drug-likeness (QED) is 0.325. The molecule has 0 heterocycles. The van der Waals surface area contributed by atoms with E-state index in [-0.39, 0.29) is 32.1 Å². The van der Waals surface area contributed by atoms with Crippen molar-refractivity contribution in [1.82, 2.24) is 10.6 Å². The van der Waals surface area contributed by atoms with Gasteiger partial charge in [-0.25, -0.2) is 14.4 Å². The van der Waals surface area contributed by atoms with E-state index in [4.69, 9.17) is 19.3 Å². The first-order valence-electron chi connectivity index (χ1n) is 11.2. The van der Waals surface area contributed by atoms with Crippen molar-refractivity contribution in [2.45, 2.75) is 31.4 Å². The number of nitrogens with one attached hydrogen (secondary N) is 2. The predicted octanol–water partition coefficient (Wildman–Crippen LogP) is 2.06. The van der Waals surface area contributed by atoms with Crippen LogP contribution in [0.5, 0.6) is 0 Å². The summed E-state index contributed by atoms with van der Waals surface area (Å²) in [6.45, 7) is 1.48. The molecular weight excluding hydrogens is 456 g/mol. The summed E-state index contributed by atoms with van der Waals surface area (Å²) in [6, 6.07) is 14.0. The van der Waals surface area contributed by atoms with Crippen LogP contribution in [0.2, 0.25) is 0 Å². The molecule has 10 nitrogen and oxygen atoms in total. The Bertz CT molecular complexity index is 1040. The van der Waals surface area contributed by atoms with Crippen LogP contribution in [-0.2, 0) is 28.6 Å². The monoisotopic (exact) mass is 484 g/mol. The Morgan fingerprint density at radius 3 is 2.11 bits per heavy atom. The lowest BCUT2D eigenvalue weighted by molar-refractivity contribution is -0.151. The number of carbonyl (C=O) groups is 4. The molecule has 0 spiro atoms.